The van der Waals surface area contributed by atoms with Crippen molar-refractivity contribution in [1.29, 1.82) is 4.35 Å². The van der Waals surface area contributed by atoms with E-state index < -0.39 is 20.2 Å². The molecule has 0 aliphatic carbocycles. The number of halogens is 5. The van der Waals surface area contributed by atoms with Gasteiger partial charge in [-0.15, -0.1) is 61.1 Å². The smallest absolute Gasteiger partial charge is 0.870 e. The van der Waals surface area contributed by atoms with Gasteiger partial charge in [-0.25, -0.2) is 13.5 Å². The fourth-order valence-corrected chi connectivity index (χ4v) is 12.2. The van der Waals surface area contributed by atoms with Gasteiger partial charge in [-0.1, -0.05) is 292 Å². The van der Waals surface area contributed by atoms with Crippen molar-refractivity contribution in [2.24, 2.45) is 9.98 Å². The number of aliphatic imine (C=N–C) groups is 2. The minimum absolute atomic E-state index is 0. The van der Waals surface area contributed by atoms with Crippen molar-refractivity contribution in [3.63, 3.8) is 0 Å². The summed E-state index contributed by atoms with van der Waals surface area (Å²) in [6.45, 7) is 65.7. The molecule has 6 N–H and O–H groups in total. The molecule has 4 atom stereocenters. The van der Waals surface area contributed by atoms with Crippen molar-refractivity contribution in [3.05, 3.63) is 255 Å². The van der Waals surface area contributed by atoms with Crippen LogP contribution in [0.1, 0.15) is 253 Å². The summed E-state index contributed by atoms with van der Waals surface area (Å²) in [5, 5.41) is 17.4. The molecule has 39 heteroatoms. The van der Waals surface area contributed by atoms with E-state index in [9.17, 15) is 40.6 Å². The molecule has 6 aromatic carbocycles. The number of aliphatic hydroxyl groups excluding tert-OH is 1. The second-order valence-electron chi connectivity index (χ2n) is 28.8. The number of aliphatic hydroxyl groups is 1. The molecule has 0 saturated carbocycles. The fourth-order valence-electron chi connectivity index (χ4n) is 11.0. The van der Waals surface area contributed by atoms with Crippen LogP contribution in [-0.4, -0.2) is 257 Å². The maximum absolute atomic E-state index is 11.6. The molecule has 26 nitrogen and oxygen atoms in total. The van der Waals surface area contributed by atoms with Crippen molar-refractivity contribution in [2.75, 3.05) is 124 Å². The minimum Gasteiger partial charge on any atom is -0.870 e. The number of allylic oxidation sites excluding steroid dienone is 1. The van der Waals surface area contributed by atoms with E-state index in [1.54, 1.807) is 57.1 Å². The van der Waals surface area contributed by atoms with E-state index in [4.69, 9.17) is 68.4 Å². The first-order chi connectivity index (χ1) is 65.5. The van der Waals surface area contributed by atoms with Gasteiger partial charge in [-0.05, 0) is 125 Å². The van der Waals surface area contributed by atoms with E-state index in [2.05, 4.69) is 203 Å². The number of hydroxylamine groups is 2. The molecule has 0 bridgehead atoms. The SMILES string of the molecule is C=C.C=C.C=Cc1ccccc1.CCC(=O)N(C)C1=C(CC)OCC1.CCC(=O)N(C)O.CCC(=O)N(CC)CCN1CCOC1CC.CCC(=O)N(CC)CCO.CCC(C)c1ccccc1.CCC(C)c1ccccc1.CCC(C)c1ccccc1.CCC1=NCCO1.CCC1=NCCO1.CCCl.CCCl.COS(=O)(=O)c1ccc(C)cc1.Cc1ccc(S(=O)(=O)[O-])cc1.O.S=PCCl.[B].[CH3-].[I-].[I-].[NH]=[Al].[Na+].[Na+].[OH-]. The van der Waals surface area contributed by atoms with Crippen molar-refractivity contribution in [1.82, 2.24) is 24.7 Å². The number of aryl methyl sites for hydroxylation is 2. The van der Waals surface area contributed by atoms with Gasteiger partial charge in [-0.3, -0.25) is 43.5 Å². The van der Waals surface area contributed by atoms with E-state index >= 15 is 0 Å². The monoisotopic (exact) mass is 2420 g/mol. The predicted molar refractivity (Wildman–Crippen MR) is 600 cm³/mol. The molecule has 4 heterocycles. The number of amides is 4. The Morgan fingerprint density at radius 2 is 0.903 bits per heavy atom. The van der Waals surface area contributed by atoms with Gasteiger partial charge in [0.1, 0.15) is 35.3 Å². The van der Waals surface area contributed by atoms with Crippen LogP contribution in [0.25, 0.3) is 6.08 Å². The van der Waals surface area contributed by atoms with E-state index in [0.29, 0.717) is 67.2 Å². The van der Waals surface area contributed by atoms with Crippen LogP contribution in [0.3, 0.4) is 0 Å². The molecule has 1 fully saturated rings. The number of ether oxygens (including phenoxy) is 4. The van der Waals surface area contributed by atoms with Crippen molar-refractivity contribution < 1.29 is 192 Å². The molecular formula is C106H177AlBCl3I2N8Na2O18PS3-3. The molecule has 818 valence electrons. The molecule has 4 unspecified atom stereocenters. The number of benzene rings is 6. The minimum atomic E-state index is -4.27. The normalized spacial score (nSPS) is 12.2. The van der Waals surface area contributed by atoms with Crippen LogP contribution in [0, 0.1) is 25.6 Å². The summed E-state index contributed by atoms with van der Waals surface area (Å²) in [7, 11) is -2.65. The number of nitrogens with zero attached hydrogens (tertiary/aromatic N) is 7. The maximum Gasteiger partial charge on any atom is 1.00 e. The standard InChI is InChI=1S/C12H24N2O2.C10H17NO2.3C10H14.C8H10O3S.C8H8.C7H15NO2.C7H8O3S.2C5H9NO.C4H9NO2.2C2H5Cl.2C2H4.CH2ClPS.CH3.Al.B.2HI.HN.2Na.2H2O/c1-4-11(15)13(6-3)7-8-14-9-10-16-12(14)5-2;1-4-9-8(6-7-13-9)11(3)10(12)5-2;3*1-3-9(2)10-7-5-4-6-8-10;1-7-3-5-8(6-4-7)12(9,10)11-2;1-2-8-6-4-3-5-7-8;1-3-7(10)8(4-2)5-6-9;1-6-2-4-7(5-3-6)11(8,9)10;2*1-2-5-6-3-4-7-5;1-3-4(6)5(2)7;2*1-2-3;2*1-2;2-1-3-4;;;;;;;;;;/h12H,4-10H2,1-3H3;4-7H2,1-3H3;3*4-9H,3H2,1-2H3;3-6H,1-2H3;2-7H,1H2;9H,3-6H2,1-2H3;2-5H,1H3,(H,8,9,10);2*2-4H2,1H3;7H,3H2,1-2H3;2*2H2,1H3;2*1-2H2;1H2;1H3;;;3*1H;;;2*1H2/q;;;;;;;;;;;;;;;;;-1;;;;;;2*+1;;/p-4. The summed E-state index contributed by atoms with van der Waals surface area (Å²) in [6.07, 6.45) is 12.4. The Hall–Kier alpha value is -4.27. The van der Waals surface area contributed by atoms with Gasteiger partial charge < -0.3 is 110 Å². The molecule has 4 aliphatic heterocycles. The first kappa shape index (κ1) is 177. The molecule has 10 rings (SSSR count). The topological polar surface area (TPSA) is 372 Å². The zero-order valence-corrected chi connectivity index (χ0v) is 107. The van der Waals surface area contributed by atoms with Gasteiger partial charge in [-0.2, -0.15) is 8.42 Å². The molecule has 0 spiro atoms. The van der Waals surface area contributed by atoms with Crippen LogP contribution in [0.5, 0.6) is 0 Å². The summed E-state index contributed by atoms with van der Waals surface area (Å²) in [5.74, 6) is 6.63. The third-order valence-corrected chi connectivity index (χ3v) is 22.7. The Labute approximate surface area is 989 Å². The maximum atomic E-state index is 11.6. The Morgan fingerprint density at radius 3 is 1.14 bits per heavy atom. The average Bonchev–Trinajstić information content (AvgIpc) is 1.77. The summed E-state index contributed by atoms with van der Waals surface area (Å²) in [6, 6.07) is 54.2. The van der Waals surface area contributed by atoms with Gasteiger partial charge in [0, 0.05) is 125 Å². The first-order valence-corrected chi connectivity index (χ1v) is 54.0. The van der Waals surface area contributed by atoms with Gasteiger partial charge in [0.05, 0.1) is 61.1 Å². The van der Waals surface area contributed by atoms with Gasteiger partial charge in [0.25, 0.3) is 10.1 Å². The molecule has 4 amide bonds. The molecule has 1 saturated heterocycles. The third kappa shape index (κ3) is 96.5. The van der Waals surface area contributed by atoms with E-state index in [0.717, 1.165) is 158 Å². The van der Waals surface area contributed by atoms with E-state index in [-0.39, 0.29) is 180 Å². The van der Waals surface area contributed by atoms with Crippen molar-refractivity contribution in [2.45, 2.75) is 249 Å². The Kier molecular flexibility index (Phi) is 150. The zero-order valence-electron chi connectivity index (χ0n) is 92.3. The summed E-state index contributed by atoms with van der Waals surface area (Å²) in [4.78, 5) is 59.8. The second-order valence-corrected chi connectivity index (χ2v) is 34.9. The van der Waals surface area contributed by atoms with Crippen LogP contribution in [-0.2, 0) is 74.4 Å². The Bertz CT molecular complexity index is 4130. The number of carbonyl (C=O) groups is 4. The van der Waals surface area contributed by atoms with Crippen LogP contribution in [0.4, 0.5) is 0 Å². The molecule has 0 aromatic heterocycles. The first-order valence-electron chi connectivity index (χ1n) is 46.9. The average molecular weight is 2420 g/mol. The number of alkyl halides is 3. The number of likely N-dealkylation sites (N-methyl/N-ethyl adjacent to an activating group) is 2. The fraction of sp³-hybridized carbons (Fsp3) is 0.519. The number of nitrogens with one attached hydrogen (secondary N) is 1. The molecular weight excluding hydrogens is 2240 g/mol. The largest absolute Gasteiger partial charge is 1.00 e. The molecule has 145 heavy (non-hydrogen) atoms. The summed E-state index contributed by atoms with van der Waals surface area (Å²) >= 11 is 21.1. The van der Waals surface area contributed by atoms with Gasteiger partial charge in [0.15, 0.2) is 11.8 Å². The summed E-state index contributed by atoms with van der Waals surface area (Å²) in [5.41, 5.74) is 9.11. The number of carbonyl (C=O) groups excluding carboxylic acids is 4. The predicted octanol–water partition coefficient (Wildman–Crippen LogP) is 12.2. The van der Waals surface area contributed by atoms with Crippen molar-refractivity contribution >= 4 is 140 Å². The number of rotatable bonds is 27. The van der Waals surface area contributed by atoms with Crippen LogP contribution in [0.15, 0.2) is 234 Å². The number of hydrogen-bond donors (Lipinski definition) is 3. The Morgan fingerprint density at radius 1 is 0.572 bits per heavy atom. The zero-order chi connectivity index (χ0) is 106. The van der Waals surface area contributed by atoms with Gasteiger partial charge in [0.2, 0.25) is 23.6 Å². The summed E-state index contributed by atoms with van der Waals surface area (Å²) < 4.78 is 84.5. The van der Waals surface area contributed by atoms with E-state index in [1.807, 2.05) is 131 Å². The van der Waals surface area contributed by atoms with Crippen molar-refractivity contribution in [3.8, 4) is 0 Å². The van der Waals surface area contributed by atoms with Crippen LogP contribution >= 0.6 is 42.2 Å². The third-order valence-electron chi connectivity index (χ3n) is 19.3. The molecule has 4 radical (unpaired) electrons. The molecule has 4 aliphatic rings. The van der Waals surface area contributed by atoms with Gasteiger partial charge >= 0.3 is 79.6 Å². The quantitative estimate of drug-likeness (QED) is 0.00412. The van der Waals surface area contributed by atoms with Crippen LogP contribution < -0.4 is 107 Å². The number of hydrogen-bond acceptors (Lipinski definition) is 22. The van der Waals surface area contributed by atoms with E-state index in [1.165, 1.54) is 72.8 Å². The Balaban J connectivity index is -0.0000000882. The molecule has 6 aromatic rings. The van der Waals surface area contributed by atoms with Crippen LogP contribution in [0.2, 0.25) is 0 Å². The second kappa shape index (κ2) is 123.